The van der Waals surface area contributed by atoms with Crippen LogP contribution in [0.3, 0.4) is 0 Å². The fourth-order valence-electron chi connectivity index (χ4n) is 3.80. The van der Waals surface area contributed by atoms with Gasteiger partial charge in [-0.2, -0.15) is 4.98 Å². The molecule has 4 rings (SSSR count). The average molecular weight is 450 g/mol. The second-order valence-corrected chi connectivity index (χ2v) is 7.75. The SMILES string of the molecule is COCCN1C(=O)NC(c2ccc(OC)c(O)c2)C(c2nc(-c3ccc(C)cc3)no2)=C1C. The third kappa shape index (κ3) is 4.40. The number of carbonyl (C=O) groups is 1. The van der Waals surface area contributed by atoms with Crippen LogP contribution in [0.2, 0.25) is 0 Å². The summed E-state index contributed by atoms with van der Waals surface area (Å²) in [5, 5.41) is 17.5. The van der Waals surface area contributed by atoms with Crippen molar-refractivity contribution in [2.75, 3.05) is 27.4 Å². The van der Waals surface area contributed by atoms with Crippen LogP contribution in [0.1, 0.15) is 30.0 Å². The number of phenolic OH excluding ortho intramolecular Hbond substituents is 1. The molecule has 1 atom stereocenters. The van der Waals surface area contributed by atoms with Crippen LogP contribution in [0.5, 0.6) is 11.5 Å². The number of carbonyl (C=O) groups excluding carboxylic acids is 1. The zero-order valence-corrected chi connectivity index (χ0v) is 19.0. The molecule has 0 radical (unpaired) electrons. The van der Waals surface area contributed by atoms with Crippen LogP contribution >= 0.6 is 0 Å². The van der Waals surface area contributed by atoms with Gasteiger partial charge in [0.05, 0.1) is 31.9 Å². The predicted octanol–water partition coefficient (Wildman–Crippen LogP) is 3.90. The second-order valence-electron chi connectivity index (χ2n) is 7.75. The number of phenols is 1. The number of aromatic hydroxyl groups is 1. The van der Waals surface area contributed by atoms with Gasteiger partial charge in [-0.3, -0.25) is 4.90 Å². The monoisotopic (exact) mass is 450 g/mol. The first-order chi connectivity index (χ1) is 15.9. The van der Waals surface area contributed by atoms with Crippen LogP contribution in [0.4, 0.5) is 4.79 Å². The van der Waals surface area contributed by atoms with Crippen molar-refractivity contribution in [1.82, 2.24) is 20.4 Å². The molecule has 9 nitrogen and oxygen atoms in total. The third-order valence-corrected chi connectivity index (χ3v) is 5.62. The van der Waals surface area contributed by atoms with Gasteiger partial charge < -0.3 is 24.4 Å². The van der Waals surface area contributed by atoms with E-state index in [1.54, 1.807) is 30.2 Å². The normalized spacial score (nSPS) is 16.2. The zero-order chi connectivity index (χ0) is 23.5. The highest BCUT2D eigenvalue weighted by Gasteiger charge is 2.36. The molecule has 0 saturated carbocycles. The van der Waals surface area contributed by atoms with E-state index in [0.717, 1.165) is 11.1 Å². The summed E-state index contributed by atoms with van der Waals surface area (Å²) >= 11 is 0. The highest BCUT2D eigenvalue weighted by Crippen LogP contribution is 2.39. The molecule has 0 aliphatic carbocycles. The molecule has 2 heterocycles. The molecule has 1 aromatic heterocycles. The van der Waals surface area contributed by atoms with Crippen molar-refractivity contribution >= 4 is 11.6 Å². The zero-order valence-electron chi connectivity index (χ0n) is 19.0. The number of hydrogen-bond donors (Lipinski definition) is 2. The minimum absolute atomic E-state index is 0.0334. The standard InChI is InChI=1S/C24H26N4O5/c1-14-5-7-16(8-6-14)22-26-23(33-27-22)20-15(2)28(11-12-31-3)24(30)25-21(20)17-9-10-19(32-4)18(29)13-17/h5-10,13,21,29H,11-12H2,1-4H3,(H,25,30). The quantitative estimate of drug-likeness (QED) is 0.562. The van der Waals surface area contributed by atoms with E-state index in [4.69, 9.17) is 14.0 Å². The maximum atomic E-state index is 12.9. The minimum Gasteiger partial charge on any atom is -0.504 e. The number of amides is 2. The van der Waals surface area contributed by atoms with Gasteiger partial charge in [0.25, 0.3) is 5.89 Å². The van der Waals surface area contributed by atoms with Gasteiger partial charge >= 0.3 is 6.03 Å². The first-order valence-electron chi connectivity index (χ1n) is 10.5. The smallest absolute Gasteiger partial charge is 0.322 e. The van der Waals surface area contributed by atoms with E-state index in [1.807, 2.05) is 38.1 Å². The molecule has 3 aromatic rings. The summed E-state index contributed by atoms with van der Waals surface area (Å²) < 4.78 is 16.0. The summed E-state index contributed by atoms with van der Waals surface area (Å²) in [6.07, 6.45) is 0. The van der Waals surface area contributed by atoms with Crippen LogP contribution in [0, 0.1) is 6.92 Å². The van der Waals surface area contributed by atoms with E-state index in [0.29, 0.717) is 41.6 Å². The van der Waals surface area contributed by atoms with Gasteiger partial charge in [-0.1, -0.05) is 41.1 Å². The molecule has 1 unspecified atom stereocenters. The molecule has 2 aromatic carbocycles. The fraction of sp³-hybridized carbons (Fsp3) is 0.292. The van der Waals surface area contributed by atoms with E-state index in [2.05, 4.69) is 15.5 Å². The molecule has 1 aliphatic rings. The Balaban J connectivity index is 1.80. The highest BCUT2D eigenvalue weighted by molar-refractivity contribution is 5.87. The third-order valence-electron chi connectivity index (χ3n) is 5.62. The van der Waals surface area contributed by atoms with E-state index in [9.17, 15) is 9.90 Å². The topological polar surface area (TPSA) is 110 Å². The van der Waals surface area contributed by atoms with Gasteiger partial charge in [-0.15, -0.1) is 0 Å². The molecule has 9 heteroatoms. The van der Waals surface area contributed by atoms with Crippen LogP contribution in [0.15, 0.2) is 52.7 Å². The van der Waals surface area contributed by atoms with Gasteiger partial charge in [-0.25, -0.2) is 4.79 Å². The fourth-order valence-corrected chi connectivity index (χ4v) is 3.80. The molecule has 0 fully saturated rings. The predicted molar refractivity (Wildman–Crippen MR) is 122 cm³/mol. The van der Waals surface area contributed by atoms with E-state index in [-0.39, 0.29) is 17.7 Å². The number of urea groups is 1. The lowest BCUT2D eigenvalue weighted by Crippen LogP contribution is -2.47. The molecular formula is C24H26N4O5. The summed E-state index contributed by atoms with van der Waals surface area (Å²) in [7, 11) is 3.06. The number of aromatic nitrogens is 2. The van der Waals surface area contributed by atoms with Gasteiger partial charge in [0, 0.05) is 18.4 Å². The molecule has 0 bridgehead atoms. The summed E-state index contributed by atoms with van der Waals surface area (Å²) in [4.78, 5) is 19.1. The Morgan fingerprint density at radius 3 is 2.58 bits per heavy atom. The Bertz CT molecular complexity index is 1190. The molecule has 33 heavy (non-hydrogen) atoms. The van der Waals surface area contributed by atoms with Crippen molar-refractivity contribution in [2.24, 2.45) is 0 Å². The number of hydrogen-bond acceptors (Lipinski definition) is 7. The number of methoxy groups -OCH3 is 2. The number of nitrogens with one attached hydrogen (secondary N) is 1. The summed E-state index contributed by atoms with van der Waals surface area (Å²) in [5.41, 5.74) is 3.90. The lowest BCUT2D eigenvalue weighted by atomic mass is 9.94. The first-order valence-corrected chi connectivity index (χ1v) is 10.5. The lowest BCUT2D eigenvalue weighted by molar-refractivity contribution is 0.158. The van der Waals surface area contributed by atoms with Crippen LogP contribution in [-0.4, -0.2) is 53.5 Å². The van der Waals surface area contributed by atoms with Gasteiger partial charge in [0.1, 0.15) is 0 Å². The highest BCUT2D eigenvalue weighted by atomic mass is 16.5. The minimum atomic E-state index is -0.612. The molecule has 2 N–H and O–H groups in total. The number of nitrogens with zero attached hydrogens (tertiary/aromatic N) is 3. The second kappa shape index (κ2) is 9.33. The van der Waals surface area contributed by atoms with Crippen LogP contribution in [0.25, 0.3) is 17.0 Å². The molecule has 2 amide bonds. The largest absolute Gasteiger partial charge is 0.504 e. The Labute approximate surface area is 191 Å². The molecule has 1 aliphatic heterocycles. The van der Waals surface area contributed by atoms with Gasteiger partial charge in [0.15, 0.2) is 11.5 Å². The molecule has 0 spiro atoms. The lowest BCUT2D eigenvalue weighted by Gasteiger charge is -2.35. The Hall–Kier alpha value is -3.85. The Morgan fingerprint density at radius 2 is 1.91 bits per heavy atom. The Kier molecular flexibility index (Phi) is 6.32. The van der Waals surface area contributed by atoms with E-state index < -0.39 is 6.04 Å². The summed E-state index contributed by atoms with van der Waals surface area (Å²) in [5.74, 6) is 1.03. The Morgan fingerprint density at radius 1 is 1.15 bits per heavy atom. The maximum Gasteiger partial charge on any atom is 0.322 e. The van der Waals surface area contributed by atoms with Gasteiger partial charge in [-0.05, 0) is 31.5 Å². The number of rotatable bonds is 7. The van der Waals surface area contributed by atoms with E-state index in [1.165, 1.54) is 7.11 Å². The number of ether oxygens (including phenoxy) is 2. The average Bonchev–Trinajstić information content (AvgIpc) is 3.28. The number of benzene rings is 2. The maximum absolute atomic E-state index is 12.9. The van der Waals surface area contributed by atoms with Crippen LogP contribution < -0.4 is 10.1 Å². The summed E-state index contributed by atoms with van der Waals surface area (Å²) in [6, 6.07) is 11.9. The van der Waals surface area contributed by atoms with Crippen molar-refractivity contribution in [1.29, 1.82) is 0 Å². The first kappa shape index (κ1) is 22.3. The number of allylic oxidation sites excluding steroid dienone is 1. The molecular weight excluding hydrogens is 424 g/mol. The van der Waals surface area contributed by atoms with Crippen molar-refractivity contribution in [3.8, 4) is 22.9 Å². The van der Waals surface area contributed by atoms with Crippen LogP contribution in [-0.2, 0) is 4.74 Å². The number of aryl methyl sites for hydroxylation is 1. The molecule has 172 valence electrons. The molecule has 0 saturated heterocycles. The van der Waals surface area contributed by atoms with Crippen molar-refractivity contribution < 1.29 is 23.9 Å². The van der Waals surface area contributed by atoms with Gasteiger partial charge in [0.2, 0.25) is 5.82 Å². The summed E-state index contributed by atoms with van der Waals surface area (Å²) in [6.45, 7) is 4.56. The van der Waals surface area contributed by atoms with Crippen molar-refractivity contribution in [2.45, 2.75) is 19.9 Å². The van der Waals surface area contributed by atoms with Crippen molar-refractivity contribution in [3.05, 3.63) is 65.2 Å². The van der Waals surface area contributed by atoms with Crippen molar-refractivity contribution in [3.63, 3.8) is 0 Å². The van der Waals surface area contributed by atoms with E-state index >= 15 is 0 Å².